The van der Waals surface area contributed by atoms with Gasteiger partial charge in [0.05, 0.1) is 7.11 Å². The number of thioether (sulfide) groups is 1. The first-order valence-corrected chi connectivity index (χ1v) is 7.56. The van der Waals surface area contributed by atoms with Gasteiger partial charge in [0.1, 0.15) is 5.75 Å². The molecule has 0 fully saturated rings. The molecule has 0 aliphatic heterocycles. The third kappa shape index (κ3) is 5.32. The number of methoxy groups -OCH3 is 1. The molecule has 1 unspecified atom stereocenters. The Morgan fingerprint density at radius 2 is 2.12 bits per heavy atom. The van der Waals surface area contributed by atoms with E-state index in [4.69, 9.17) is 10.5 Å². The highest BCUT2D eigenvalue weighted by atomic mass is 79.9. The number of nitrogens with two attached hydrogens (primary N) is 1. The van der Waals surface area contributed by atoms with Gasteiger partial charge in [-0.3, -0.25) is 0 Å². The number of halogens is 1. The molecule has 96 valence electrons. The topological polar surface area (TPSA) is 35.2 Å². The number of rotatable bonds is 6. The molecule has 0 heterocycles. The van der Waals surface area contributed by atoms with Crippen LogP contribution in [0.4, 0.5) is 0 Å². The van der Waals surface area contributed by atoms with Crippen LogP contribution in [0.5, 0.6) is 5.75 Å². The smallest absolute Gasteiger partial charge is 0.119 e. The van der Waals surface area contributed by atoms with Crippen LogP contribution in [0.1, 0.15) is 19.4 Å². The Kier molecular flexibility index (Phi) is 6.38. The largest absolute Gasteiger partial charge is 0.497 e. The number of hydrogen-bond acceptors (Lipinski definition) is 3. The summed E-state index contributed by atoms with van der Waals surface area (Å²) in [6.07, 6.45) is 0.873. The number of hydrogen-bond donors (Lipinski definition) is 1. The van der Waals surface area contributed by atoms with E-state index in [9.17, 15) is 0 Å². The molecule has 0 amide bonds. The van der Waals surface area contributed by atoms with E-state index < -0.39 is 0 Å². The zero-order chi connectivity index (χ0) is 12.8. The van der Waals surface area contributed by atoms with Gasteiger partial charge in [-0.1, -0.05) is 29.8 Å². The first-order chi connectivity index (χ1) is 8.02. The van der Waals surface area contributed by atoms with Gasteiger partial charge in [0.2, 0.25) is 0 Å². The molecule has 0 bridgehead atoms. The van der Waals surface area contributed by atoms with Crippen LogP contribution in [-0.2, 0) is 6.42 Å². The fourth-order valence-electron chi connectivity index (χ4n) is 1.49. The molecule has 2 N–H and O–H groups in total. The van der Waals surface area contributed by atoms with Gasteiger partial charge in [-0.2, -0.15) is 11.8 Å². The van der Waals surface area contributed by atoms with Crippen LogP contribution in [0.15, 0.2) is 22.7 Å². The molecule has 0 aliphatic rings. The maximum atomic E-state index is 6.13. The summed E-state index contributed by atoms with van der Waals surface area (Å²) < 4.78 is 6.32. The summed E-state index contributed by atoms with van der Waals surface area (Å²) in [7, 11) is 1.68. The molecule has 0 saturated carbocycles. The van der Waals surface area contributed by atoms with E-state index in [1.54, 1.807) is 7.11 Å². The van der Waals surface area contributed by atoms with Crippen LogP contribution < -0.4 is 10.5 Å². The van der Waals surface area contributed by atoms with E-state index in [0.29, 0.717) is 5.25 Å². The SMILES string of the molecule is COc1ccc(Br)c(CC(N)CSC(C)C)c1. The van der Waals surface area contributed by atoms with Crippen molar-refractivity contribution in [1.29, 1.82) is 0 Å². The summed E-state index contributed by atoms with van der Waals surface area (Å²) in [6, 6.07) is 6.19. The monoisotopic (exact) mass is 317 g/mol. The van der Waals surface area contributed by atoms with Crippen LogP contribution in [-0.4, -0.2) is 24.2 Å². The van der Waals surface area contributed by atoms with Crippen LogP contribution >= 0.6 is 27.7 Å². The summed E-state index contributed by atoms with van der Waals surface area (Å²) in [5.41, 5.74) is 7.34. The normalized spacial score (nSPS) is 12.8. The predicted molar refractivity (Wildman–Crippen MR) is 80.0 cm³/mol. The zero-order valence-electron chi connectivity index (χ0n) is 10.6. The molecule has 0 aliphatic carbocycles. The maximum absolute atomic E-state index is 6.13. The van der Waals surface area contributed by atoms with Gasteiger partial charge in [0, 0.05) is 16.3 Å². The van der Waals surface area contributed by atoms with E-state index in [-0.39, 0.29) is 6.04 Å². The third-order valence-corrected chi connectivity index (χ3v) is 4.44. The summed E-state index contributed by atoms with van der Waals surface area (Å²) in [4.78, 5) is 0. The standard InChI is InChI=1S/C13H20BrNOS/c1-9(2)17-8-11(15)6-10-7-12(16-3)4-5-13(10)14/h4-5,7,9,11H,6,8,15H2,1-3H3. The van der Waals surface area contributed by atoms with Crippen molar-refractivity contribution in [1.82, 2.24) is 0 Å². The van der Waals surface area contributed by atoms with E-state index >= 15 is 0 Å². The fourth-order valence-corrected chi connectivity index (χ4v) is 2.65. The lowest BCUT2D eigenvalue weighted by atomic mass is 10.1. The molecule has 1 aromatic carbocycles. The van der Waals surface area contributed by atoms with Crippen LogP contribution in [0.25, 0.3) is 0 Å². The summed E-state index contributed by atoms with van der Waals surface area (Å²) in [6.45, 7) is 4.39. The molecule has 17 heavy (non-hydrogen) atoms. The molecule has 2 nitrogen and oxygen atoms in total. The van der Waals surface area contributed by atoms with Crippen molar-refractivity contribution in [2.45, 2.75) is 31.6 Å². The van der Waals surface area contributed by atoms with Crippen molar-refractivity contribution < 1.29 is 4.74 Å². The molecule has 0 saturated heterocycles. The van der Waals surface area contributed by atoms with Crippen molar-refractivity contribution >= 4 is 27.7 Å². The Morgan fingerprint density at radius 3 is 2.71 bits per heavy atom. The first kappa shape index (κ1) is 14.9. The highest BCUT2D eigenvalue weighted by Crippen LogP contribution is 2.24. The van der Waals surface area contributed by atoms with Gasteiger partial charge in [0.15, 0.2) is 0 Å². The van der Waals surface area contributed by atoms with Gasteiger partial charge in [-0.15, -0.1) is 0 Å². The van der Waals surface area contributed by atoms with Crippen molar-refractivity contribution in [2.24, 2.45) is 5.73 Å². The number of benzene rings is 1. The van der Waals surface area contributed by atoms with E-state index in [1.165, 1.54) is 5.56 Å². The Morgan fingerprint density at radius 1 is 1.41 bits per heavy atom. The summed E-state index contributed by atoms with van der Waals surface area (Å²) >= 11 is 5.45. The van der Waals surface area contributed by atoms with Crippen LogP contribution in [0, 0.1) is 0 Å². The zero-order valence-corrected chi connectivity index (χ0v) is 13.0. The highest BCUT2D eigenvalue weighted by molar-refractivity contribution is 9.10. The van der Waals surface area contributed by atoms with Crippen molar-refractivity contribution in [3.63, 3.8) is 0 Å². The second-order valence-corrected chi connectivity index (χ2v) is 6.77. The molecular formula is C13H20BrNOS. The second-order valence-electron chi connectivity index (χ2n) is 4.30. The van der Waals surface area contributed by atoms with Gasteiger partial charge in [0.25, 0.3) is 0 Å². The molecule has 0 radical (unpaired) electrons. The lowest BCUT2D eigenvalue weighted by molar-refractivity contribution is 0.414. The second kappa shape index (κ2) is 7.29. The lowest BCUT2D eigenvalue weighted by Gasteiger charge is -2.14. The quantitative estimate of drug-likeness (QED) is 0.872. The van der Waals surface area contributed by atoms with Gasteiger partial charge in [-0.05, 0) is 35.4 Å². The highest BCUT2D eigenvalue weighted by Gasteiger charge is 2.09. The van der Waals surface area contributed by atoms with Crippen molar-refractivity contribution in [3.8, 4) is 5.75 Å². The number of ether oxygens (including phenoxy) is 1. The van der Waals surface area contributed by atoms with Gasteiger partial charge >= 0.3 is 0 Å². The van der Waals surface area contributed by atoms with E-state index in [2.05, 4.69) is 29.8 Å². The average molecular weight is 318 g/mol. The average Bonchev–Trinajstić information content (AvgIpc) is 2.29. The third-order valence-electron chi connectivity index (χ3n) is 2.38. The Bertz CT molecular complexity index is 357. The predicted octanol–water partition coefficient (Wildman–Crippen LogP) is 3.47. The summed E-state index contributed by atoms with van der Waals surface area (Å²) in [5, 5.41) is 0.634. The van der Waals surface area contributed by atoms with E-state index in [0.717, 1.165) is 22.4 Å². The fraction of sp³-hybridized carbons (Fsp3) is 0.538. The Hall–Kier alpha value is -0.190. The first-order valence-electron chi connectivity index (χ1n) is 5.72. The molecule has 1 rings (SSSR count). The van der Waals surface area contributed by atoms with Gasteiger partial charge < -0.3 is 10.5 Å². The Balaban J connectivity index is 2.60. The molecule has 4 heteroatoms. The van der Waals surface area contributed by atoms with Crippen molar-refractivity contribution in [3.05, 3.63) is 28.2 Å². The maximum Gasteiger partial charge on any atom is 0.119 e. The summed E-state index contributed by atoms with van der Waals surface area (Å²) in [5.74, 6) is 1.87. The molecule has 1 aromatic rings. The van der Waals surface area contributed by atoms with Gasteiger partial charge in [-0.25, -0.2) is 0 Å². The molecule has 0 aromatic heterocycles. The minimum Gasteiger partial charge on any atom is -0.497 e. The minimum atomic E-state index is 0.186. The van der Waals surface area contributed by atoms with Crippen LogP contribution in [0.3, 0.4) is 0 Å². The van der Waals surface area contributed by atoms with Crippen LogP contribution in [0.2, 0.25) is 0 Å². The van der Waals surface area contributed by atoms with Crippen molar-refractivity contribution in [2.75, 3.05) is 12.9 Å². The Labute approximate surface area is 116 Å². The molecule has 1 atom stereocenters. The lowest BCUT2D eigenvalue weighted by Crippen LogP contribution is -2.26. The molecular weight excluding hydrogens is 298 g/mol. The minimum absolute atomic E-state index is 0.186. The molecule has 0 spiro atoms. The van der Waals surface area contributed by atoms with E-state index in [1.807, 2.05) is 30.0 Å².